The van der Waals surface area contributed by atoms with Crippen LogP contribution in [-0.4, -0.2) is 79.4 Å². The maximum atomic E-state index is 13.9. The van der Waals surface area contributed by atoms with E-state index in [-0.39, 0.29) is 6.61 Å². The number of aliphatic hydroxyl groups is 1. The molecular weight excluding hydrogens is 385 g/mol. The fraction of sp³-hybridized carbons (Fsp3) is 0.421. The third-order valence-corrected chi connectivity index (χ3v) is 5.90. The highest BCUT2D eigenvalue weighted by Crippen LogP contribution is 2.25. The van der Waals surface area contributed by atoms with Crippen LogP contribution in [0.4, 0.5) is 4.39 Å². The maximum absolute atomic E-state index is 13.9. The fourth-order valence-electron chi connectivity index (χ4n) is 3.14. The Kier molecular flexibility index (Phi) is 6.61. The highest BCUT2D eigenvalue weighted by molar-refractivity contribution is 7.88. The van der Waals surface area contributed by atoms with Gasteiger partial charge in [-0.15, -0.1) is 0 Å². The molecule has 1 aliphatic rings. The van der Waals surface area contributed by atoms with Gasteiger partial charge in [-0.3, -0.25) is 9.88 Å². The molecule has 1 aromatic heterocycles. The lowest BCUT2D eigenvalue weighted by Gasteiger charge is -2.34. The second kappa shape index (κ2) is 8.95. The number of aromatic nitrogens is 1. The van der Waals surface area contributed by atoms with E-state index in [0.717, 1.165) is 5.56 Å². The van der Waals surface area contributed by atoms with E-state index in [4.69, 9.17) is 4.74 Å². The van der Waals surface area contributed by atoms with Crippen LogP contribution >= 0.6 is 0 Å². The minimum Gasteiger partial charge on any atom is -0.491 e. The standard InChI is InChI=1S/C19H24FN3O4S/c1-28(25,26)23-8-6-22(7-9-23)13-18(24)14-27-19-11-16(10-17(20)12-19)15-2-4-21-5-3-15/h2-5,10-12,18,24H,6-9,13-14H2,1H3. The van der Waals surface area contributed by atoms with Gasteiger partial charge in [0.05, 0.1) is 6.26 Å². The largest absolute Gasteiger partial charge is 0.491 e. The average Bonchev–Trinajstić information content (AvgIpc) is 2.66. The van der Waals surface area contributed by atoms with Gasteiger partial charge in [-0.05, 0) is 35.4 Å². The highest BCUT2D eigenvalue weighted by atomic mass is 32.2. The summed E-state index contributed by atoms with van der Waals surface area (Å²) in [6.45, 7) is 2.30. The van der Waals surface area contributed by atoms with E-state index in [0.29, 0.717) is 44.0 Å². The predicted octanol–water partition coefficient (Wildman–Crippen LogP) is 1.20. The monoisotopic (exact) mass is 409 g/mol. The van der Waals surface area contributed by atoms with Gasteiger partial charge in [-0.1, -0.05) is 0 Å². The van der Waals surface area contributed by atoms with Crippen LogP contribution in [-0.2, 0) is 10.0 Å². The minimum absolute atomic E-state index is 0.0194. The summed E-state index contributed by atoms with van der Waals surface area (Å²) in [5.41, 5.74) is 1.49. The zero-order chi connectivity index (χ0) is 20.1. The first-order valence-electron chi connectivity index (χ1n) is 9.00. The summed E-state index contributed by atoms with van der Waals surface area (Å²) in [5.74, 6) is -0.0801. The maximum Gasteiger partial charge on any atom is 0.211 e. The molecule has 0 bridgehead atoms. The van der Waals surface area contributed by atoms with E-state index in [1.165, 1.54) is 22.7 Å². The molecule has 1 aliphatic heterocycles. The van der Waals surface area contributed by atoms with Crippen molar-refractivity contribution in [1.29, 1.82) is 0 Å². The van der Waals surface area contributed by atoms with Crippen LogP contribution < -0.4 is 4.74 Å². The fourth-order valence-corrected chi connectivity index (χ4v) is 3.97. The number of rotatable bonds is 7. The number of nitrogens with zero attached hydrogens (tertiary/aromatic N) is 3. The van der Waals surface area contributed by atoms with Gasteiger partial charge >= 0.3 is 0 Å². The van der Waals surface area contributed by atoms with Gasteiger partial charge in [-0.25, -0.2) is 12.8 Å². The van der Waals surface area contributed by atoms with Gasteiger partial charge in [0.1, 0.15) is 24.3 Å². The molecule has 2 heterocycles. The molecule has 28 heavy (non-hydrogen) atoms. The van der Waals surface area contributed by atoms with Crippen LogP contribution in [0.5, 0.6) is 5.75 Å². The molecule has 1 atom stereocenters. The van der Waals surface area contributed by atoms with Crippen LogP contribution in [0.1, 0.15) is 0 Å². The summed E-state index contributed by atoms with van der Waals surface area (Å²) in [6.07, 6.45) is 3.70. The first-order chi connectivity index (χ1) is 13.3. The van der Waals surface area contributed by atoms with Gasteiger partial charge in [0.25, 0.3) is 0 Å². The van der Waals surface area contributed by atoms with Crippen molar-refractivity contribution < 1.29 is 22.7 Å². The number of piperazine rings is 1. The third-order valence-electron chi connectivity index (χ3n) is 4.60. The van der Waals surface area contributed by atoms with Crippen molar-refractivity contribution >= 4 is 10.0 Å². The lowest BCUT2D eigenvalue weighted by atomic mass is 10.1. The van der Waals surface area contributed by atoms with Gasteiger partial charge < -0.3 is 9.84 Å². The van der Waals surface area contributed by atoms with E-state index >= 15 is 0 Å². The third kappa shape index (κ3) is 5.71. The number of β-amino-alcohol motifs (C(OH)–C–C–N with tert-alkyl or cyclic N) is 1. The first kappa shape index (κ1) is 20.7. The van der Waals surface area contributed by atoms with Crippen molar-refractivity contribution in [3.8, 4) is 16.9 Å². The molecule has 1 aromatic carbocycles. The van der Waals surface area contributed by atoms with Gasteiger partial charge in [-0.2, -0.15) is 4.31 Å². The Morgan fingerprint density at radius 2 is 1.82 bits per heavy atom. The van der Waals surface area contributed by atoms with Crippen molar-refractivity contribution in [2.45, 2.75) is 6.10 Å². The second-order valence-electron chi connectivity index (χ2n) is 6.84. The SMILES string of the molecule is CS(=O)(=O)N1CCN(CC(O)COc2cc(F)cc(-c3ccncc3)c2)CC1. The zero-order valence-electron chi connectivity index (χ0n) is 15.7. The predicted molar refractivity (Wildman–Crippen MR) is 104 cm³/mol. The second-order valence-corrected chi connectivity index (χ2v) is 8.82. The van der Waals surface area contributed by atoms with Crippen LogP contribution in [0, 0.1) is 5.82 Å². The summed E-state index contributed by atoms with van der Waals surface area (Å²) in [6, 6.07) is 7.98. The number of aliphatic hydroxyl groups excluding tert-OH is 1. The first-order valence-corrected chi connectivity index (χ1v) is 10.9. The molecule has 0 aliphatic carbocycles. The smallest absolute Gasteiger partial charge is 0.211 e. The van der Waals surface area contributed by atoms with Crippen LogP contribution in [0.25, 0.3) is 11.1 Å². The number of ether oxygens (including phenoxy) is 1. The number of sulfonamides is 1. The summed E-state index contributed by atoms with van der Waals surface area (Å²) in [5, 5.41) is 10.2. The lowest BCUT2D eigenvalue weighted by Crippen LogP contribution is -2.50. The van der Waals surface area contributed by atoms with Gasteiger partial charge in [0.2, 0.25) is 10.0 Å². The molecule has 1 saturated heterocycles. The molecule has 0 amide bonds. The van der Waals surface area contributed by atoms with Crippen LogP contribution in [0.15, 0.2) is 42.7 Å². The molecule has 2 aromatic rings. The van der Waals surface area contributed by atoms with E-state index in [9.17, 15) is 17.9 Å². The summed E-state index contributed by atoms with van der Waals surface area (Å²) in [7, 11) is -3.18. The number of hydrogen-bond donors (Lipinski definition) is 1. The molecule has 1 N–H and O–H groups in total. The van der Waals surface area contributed by atoms with E-state index < -0.39 is 21.9 Å². The minimum atomic E-state index is -3.18. The summed E-state index contributed by atoms with van der Waals surface area (Å²) >= 11 is 0. The van der Waals surface area contributed by atoms with E-state index in [1.54, 1.807) is 30.6 Å². The zero-order valence-corrected chi connectivity index (χ0v) is 16.5. The Morgan fingerprint density at radius 1 is 1.14 bits per heavy atom. The number of halogens is 1. The molecule has 9 heteroatoms. The number of pyridine rings is 1. The van der Waals surface area contributed by atoms with Crippen molar-refractivity contribution in [2.75, 3.05) is 45.6 Å². The molecule has 0 saturated carbocycles. The van der Waals surface area contributed by atoms with Crippen molar-refractivity contribution in [3.63, 3.8) is 0 Å². The Labute approximate surface area is 164 Å². The quantitative estimate of drug-likeness (QED) is 0.740. The molecule has 1 fully saturated rings. The Bertz CT molecular complexity index is 887. The van der Waals surface area contributed by atoms with Crippen molar-refractivity contribution in [1.82, 2.24) is 14.2 Å². The van der Waals surface area contributed by atoms with E-state index in [2.05, 4.69) is 4.98 Å². The number of hydrogen-bond acceptors (Lipinski definition) is 6. The lowest BCUT2D eigenvalue weighted by molar-refractivity contribution is 0.0569. The number of benzene rings is 1. The Balaban J connectivity index is 1.52. The van der Waals surface area contributed by atoms with E-state index in [1.807, 2.05) is 4.90 Å². The molecule has 7 nitrogen and oxygen atoms in total. The molecular formula is C19H24FN3O4S. The summed E-state index contributed by atoms with van der Waals surface area (Å²) < 4.78 is 44.0. The van der Waals surface area contributed by atoms with Crippen LogP contribution in [0.2, 0.25) is 0 Å². The topological polar surface area (TPSA) is 83.0 Å². The molecule has 0 spiro atoms. The van der Waals surface area contributed by atoms with Gasteiger partial charge in [0.15, 0.2) is 0 Å². The Hall–Kier alpha value is -2.07. The molecule has 0 radical (unpaired) electrons. The van der Waals surface area contributed by atoms with Crippen LogP contribution in [0.3, 0.4) is 0 Å². The van der Waals surface area contributed by atoms with Crippen molar-refractivity contribution in [2.24, 2.45) is 0 Å². The molecule has 3 rings (SSSR count). The molecule has 1 unspecified atom stereocenters. The van der Waals surface area contributed by atoms with Gasteiger partial charge in [0, 0.05) is 51.2 Å². The highest BCUT2D eigenvalue weighted by Gasteiger charge is 2.24. The average molecular weight is 409 g/mol. The Morgan fingerprint density at radius 3 is 2.46 bits per heavy atom. The van der Waals surface area contributed by atoms with Crippen molar-refractivity contribution in [3.05, 3.63) is 48.5 Å². The normalized spacial score (nSPS) is 17.4. The molecule has 152 valence electrons. The summed E-state index contributed by atoms with van der Waals surface area (Å²) in [4.78, 5) is 5.94.